The van der Waals surface area contributed by atoms with Crippen molar-refractivity contribution in [2.75, 3.05) is 0 Å². The van der Waals surface area contributed by atoms with Gasteiger partial charge in [0.1, 0.15) is 0 Å². The lowest BCUT2D eigenvalue weighted by Gasteiger charge is -2.05. The van der Waals surface area contributed by atoms with Gasteiger partial charge in [0.25, 0.3) is 5.43 Å². The van der Waals surface area contributed by atoms with E-state index in [0.717, 1.165) is 12.8 Å². The minimum absolute atomic E-state index is 0.294. The van der Waals surface area contributed by atoms with Crippen molar-refractivity contribution in [2.24, 2.45) is 0 Å². The molecule has 1 rings (SSSR count). The average molecular weight is 238 g/mol. The Morgan fingerprint density at radius 1 is 0.824 bits per heavy atom. The smallest absolute Gasteiger partial charge is 0.267 e. The Balaban J connectivity index is 2.02. The third-order valence-electron chi connectivity index (χ3n) is 3.26. The van der Waals surface area contributed by atoms with Crippen LogP contribution in [0.15, 0.2) is 9.59 Å². The summed E-state index contributed by atoms with van der Waals surface area (Å²) in [5, 5.41) is 9.16. The Bertz CT molecular complexity index is 399. The van der Waals surface area contributed by atoms with E-state index in [4.69, 9.17) is 5.11 Å². The summed E-state index contributed by atoms with van der Waals surface area (Å²) in [6, 6.07) is 0. The second-order valence-corrected chi connectivity index (χ2v) is 4.71. The minimum Gasteiger partial charge on any atom is -0.504 e. The highest BCUT2D eigenvalue weighted by Gasteiger charge is 2.18. The zero-order chi connectivity index (χ0) is 12.7. The topological polar surface area (TPSA) is 54.4 Å². The van der Waals surface area contributed by atoms with Crippen LogP contribution in [0, 0.1) is 0 Å². The molecule has 3 heteroatoms. The fraction of sp³-hybridized carbons (Fsp3) is 0.714. The summed E-state index contributed by atoms with van der Waals surface area (Å²) in [6.07, 6.45) is 10.1. The molecule has 0 aliphatic rings. The third-order valence-corrected chi connectivity index (χ3v) is 3.26. The highest BCUT2D eigenvalue weighted by molar-refractivity contribution is 5.37. The van der Waals surface area contributed by atoms with Crippen LogP contribution in [0.3, 0.4) is 0 Å². The maximum atomic E-state index is 11.0. The first kappa shape index (κ1) is 13.9. The third kappa shape index (κ3) is 3.99. The largest absolute Gasteiger partial charge is 0.504 e. The van der Waals surface area contributed by atoms with Crippen LogP contribution >= 0.6 is 0 Å². The van der Waals surface area contributed by atoms with Crippen molar-refractivity contribution in [2.45, 2.75) is 64.7 Å². The Kier molecular flexibility index (Phi) is 5.95. The van der Waals surface area contributed by atoms with Crippen molar-refractivity contribution in [3.05, 3.63) is 26.0 Å². The Morgan fingerprint density at radius 3 is 1.88 bits per heavy atom. The van der Waals surface area contributed by atoms with Gasteiger partial charge in [-0.05, 0) is 12.8 Å². The van der Waals surface area contributed by atoms with E-state index in [9.17, 15) is 9.59 Å². The summed E-state index contributed by atoms with van der Waals surface area (Å²) >= 11 is 0. The zero-order valence-corrected chi connectivity index (χ0v) is 10.6. The van der Waals surface area contributed by atoms with Crippen molar-refractivity contribution in [1.29, 1.82) is 0 Å². The normalized spacial score (nSPS) is 11.1. The van der Waals surface area contributed by atoms with E-state index in [0.29, 0.717) is 12.0 Å². The van der Waals surface area contributed by atoms with E-state index in [1.54, 1.807) is 0 Å². The minimum atomic E-state index is -0.709. The Morgan fingerprint density at radius 2 is 1.35 bits per heavy atom. The van der Waals surface area contributed by atoms with Gasteiger partial charge in [-0.3, -0.25) is 9.59 Å². The molecule has 17 heavy (non-hydrogen) atoms. The van der Waals surface area contributed by atoms with Gasteiger partial charge >= 0.3 is 0 Å². The molecule has 0 heterocycles. The zero-order valence-electron chi connectivity index (χ0n) is 10.6. The lowest BCUT2D eigenvalue weighted by atomic mass is 10.0. The van der Waals surface area contributed by atoms with Crippen molar-refractivity contribution >= 4 is 0 Å². The Hall–Kier alpha value is -1.12. The van der Waals surface area contributed by atoms with E-state index in [2.05, 4.69) is 6.92 Å². The average Bonchev–Trinajstić information content (AvgIpc) is 2.35. The molecular formula is C14H22O3. The fourth-order valence-corrected chi connectivity index (χ4v) is 2.09. The summed E-state index contributed by atoms with van der Waals surface area (Å²) in [7, 11) is 0. The van der Waals surface area contributed by atoms with Gasteiger partial charge in [0.15, 0.2) is 5.75 Å². The molecule has 0 amide bonds. The molecule has 0 radical (unpaired) electrons. The number of aromatic hydroxyl groups is 1. The monoisotopic (exact) mass is 238 g/mol. The Labute approximate surface area is 102 Å². The van der Waals surface area contributed by atoms with Crippen LogP contribution in [0.5, 0.6) is 5.75 Å². The molecule has 1 N–H and O–H groups in total. The number of hydrogen-bond donors (Lipinski definition) is 1. The van der Waals surface area contributed by atoms with Gasteiger partial charge in [-0.1, -0.05) is 51.9 Å². The van der Waals surface area contributed by atoms with Crippen LogP contribution in [0.4, 0.5) is 0 Å². The quantitative estimate of drug-likeness (QED) is 0.531. The maximum Gasteiger partial charge on any atom is 0.267 e. The molecule has 0 aliphatic heterocycles. The van der Waals surface area contributed by atoms with E-state index < -0.39 is 10.9 Å². The van der Waals surface area contributed by atoms with Crippen molar-refractivity contribution in [3.63, 3.8) is 0 Å². The van der Waals surface area contributed by atoms with Crippen molar-refractivity contribution in [3.8, 4) is 5.75 Å². The number of rotatable bonds is 9. The predicted molar refractivity (Wildman–Crippen MR) is 69.3 cm³/mol. The molecule has 0 spiro atoms. The second kappa shape index (κ2) is 7.25. The highest BCUT2D eigenvalue weighted by atomic mass is 16.3. The van der Waals surface area contributed by atoms with Crippen LogP contribution in [-0.4, -0.2) is 5.11 Å². The van der Waals surface area contributed by atoms with Crippen molar-refractivity contribution in [1.82, 2.24) is 0 Å². The molecule has 0 aromatic heterocycles. The van der Waals surface area contributed by atoms with E-state index in [1.807, 2.05) is 0 Å². The number of unbranched alkanes of at least 4 members (excludes halogenated alkanes) is 7. The SMILES string of the molecule is CCCCCCCCCCc1c(O)c(=O)c1=O. The van der Waals surface area contributed by atoms with E-state index >= 15 is 0 Å². The van der Waals surface area contributed by atoms with Crippen LogP contribution in [-0.2, 0) is 6.42 Å². The van der Waals surface area contributed by atoms with Crippen LogP contribution < -0.4 is 10.9 Å². The predicted octanol–water partition coefficient (Wildman–Crippen LogP) is 2.67. The summed E-state index contributed by atoms with van der Waals surface area (Å²) < 4.78 is 0. The molecule has 0 aliphatic carbocycles. The van der Waals surface area contributed by atoms with Gasteiger partial charge in [0, 0.05) is 5.56 Å². The lowest BCUT2D eigenvalue weighted by molar-refractivity contribution is 0.451. The van der Waals surface area contributed by atoms with Crippen LogP contribution in [0.25, 0.3) is 0 Å². The molecule has 1 aromatic rings. The molecule has 96 valence electrons. The second-order valence-electron chi connectivity index (χ2n) is 4.71. The fourth-order valence-electron chi connectivity index (χ4n) is 2.09. The molecule has 1 aromatic carbocycles. The van der Waals surface area contributed by atoms with Crippen LogP contribution in [0.2, 0.25) is 0 Å². The molecular weight excluding hydrogens is 216 g/mol. The standard InChI is InChI=1S/C14H22O3/c1-2-3-4-5-6-7-8-9-10-11-12(15)14(17)13(11)16/h15H,2-10H2,1H3. The van der Waals surface area contributed by atoms with Gasteiger partial charge in [-0.2, -0.15) is 0 Å². The molecule has 0 fully saturated rings. The van der Waals surface area contributed by atoms with E-state index in [1.165, 1.54) is 38.5 Å². The van der Waals surface area contributed by atoms with Gasteiger partial charge in [-0.25, -0.2) is 0 Å². The summed E-state index contributed by atoms with van der Waals surface area (Å²) in [5.41, 5.74) is -0.842. The summed E-state index contributed by atoms with van der Waals surface area (Å²) in [6.45, 7) is 2.21. The van der Waals surface area contributed by atoms with Crippen molar-refractivity contribution < 1.29 is 5.11 Å². The first-order valence-electron chi connectivity index (χ1n) is 6.69. The van der Waals surface area contributed by atoms with E-state index in [-0.39, 0.29) is 5.75 Å². The maximum absolute atomic E-state index is 11.0. The molecule has 0 bridgehead atoms. The molecule has 0 saturated heterocycles. The number of hydrogen-bond acceptors (Lipinski definition) is 3. The summed E-state index contributed by atoms with van der Waals surface area (Å²) in [5.74, 6) is -0.294. The molecule has 0 saturated carbocycles. The van der Waals surface area contributed by atoms with Gasteiger partial charge in [0.2, 0.25) is 5.43 Å². The van der Waals surface area contributed by atoms with Gasteiger partial charge < -0.3 is 5.11 Å². The highest BCUT2D eigenvalue weighted by Crippen LogP contribution is 2.14. The summed E-state index contributed by atoms with van der Waals surface area (Å²) in [4.78, 5) is 21.8. The first-order chi connectivity index (χ1) is 8.18. The lowest BCUT2D eigenvalue weighted by Crippen LogP contribution is -2.34. The molecule has 3 nitrogen and oxygen atoms in total. The van der Waals surface area contributed by atoms with Gasteiger partial charge in [0.05, 0.1) is 0 Å². The van der Waals surface area contributed by atoms with Crippen LogP contribution in [0.1, 0.15) is 63.9 Å². The molecule has 0 unspecified atom stereocenters. The van der Waals surface area contributed by atoms with Gasteiger partial charge in [-0.15, -0.1) is 0 Å². The first-order valence-corrected chi connectivity index (χ1v) is 6.69. The molecule has 0 atom stereocenters.